The second-order valence-corrected chi connectivity index (χ2v) is 6.30. The van der Waals surface area contributed by atoms with Gasteiger partial charge in [-0.2, -0.15) is 0 Å². The van der Waals surface area contributed by atoms with E-state index in [9.17, 15) is 0 Å². The maximum atomic E-state index is 4.58. The van der Waals surface area contributed by atoms with Gasteiger partial charge in [0.15, 0.2) is 0 Å². The van der Waals surface area contributed by atoms with Gasteiger partial charge in [-0.25, -0.2) is 4.98 Å². The van der Waals surface area contributed by atoms with E-state index in [4.69, 9.17) is 0 Å². The molecule has 3 heteroatoms. The summed E-state index contributed by atoms with van der Waals surface area (Å²) in [4.78, 5) is 4.58. The number of nitrogens with one attached hydrogen (secondary N) is 1. The molecule has 2 rings (SSSR count). The van der Waals surface area contributed by atoms with Crippen LogP contribution in [-0.4, -0.2) is 18.1 Å². The Morgan fingerprint density at radius 3 is 2.67 bits per heavy atom. The predicted molar refractivity (Wildman–Crippen MR) is 65.3 cm³/mol. The molecule has 0 bridgehead atoms. The lowest BCUT2D eigenvalue weighted by atomic mass is 9.72. The molecule has 84 valence electrons. The van der Waals surface area contributed by atoms with E-state index in [-0.39, 0.29) is 0 Å². The van der Waals surface area contributed by atoms with Crippen molar-refractivity contribution in [1.82, 2.24) is 10.3 Å². The van der Waals surface area contributed by atoms with E-state index in [0.29, 0.717) is 5.41 Å². The molecule has 1 aromatic rings. The van der Waals surface area contributed by atoms with E-state index >= 15 is 0 Å². The van der Waals surface area contributed by atoms with Crippen molar-refractivity contribution in [2.45, 2.75) is 33.6 Å². The van der Waals surface area contributed by atoms with Crippen LogP contribution in [-0.2, 0) is 6.42 Å². The van der Waals surface area contributed by atoms with Crippen LogP contribution in [0.5, 0.6) is 0 Å². The largest absolute Gasteiger partial charge is 0.316 e. The zero-order valence-corrected chi connectivity index (χ0v) is 10.7. The second kappa shape index (κ2) is 4.22. The minimum absolute atomic E-state index is 0.495. The Labute approximate surface area is 96.1 Å². The number of nitrogens with zero attached hydrogens (tertiary/aromatic N) is 1. The molecule has 0 amide bonds. The van der Waals surface area contributed by atoms with Crippen LogP contribution in [0.4, 0.5) is 0 Å². The summed E-state index contributed by atoms with van der Waals surface area (Å²) in [5, 5.41) is 6.82. The van der Waals surface area contributed by atoms with E-state index in [1.165, 1.54) is 30.2 Å². The van der Waals surface area contributed by atoms with E-state index in [2.05, 4.69) is 36.5 Å². The highest BCUT2D eigenvalue weighted by molar-refractivity contribution is 7.09. The van der Waals surface area contributed by atoms with Gasteiger partial charge in [0.05, 0.1) is 10.7 Å². The molecule has 0 aliphatic carbocycles. The zero-order valence-electron chi connectivity index (χ0n) is 9.84. The molecule has 0 atom stereocenters. The third-order valence-corrected chi connectivity index (χ3v) is 3.89. The van der Waals surface area contributed by atoms with Crippen molar-refractivity contribution in [3.8, 4) is 0 Å². The number of aryl methyl sites for hydroxylation is 1. The molecule has 1 saturated heterocycles. The van der Waals surface area contributed by atoms with Crippen molar-refractivity contribution < 1.29 is 0 Å². The number of thiazole rings is 1. The number of hydrogen-bond acceptors (Lipinski definition) is 3. The van der Waals surface area contributed by atoms with Gasteiger partial charge in [0.25, 0.3) is 0 Å². The van der Waals surface area contributed by atoms with Gasteiger partial charge < -0.3 is 5.32 Å². The van der Waals surface area contributed by atoms with E-state index < -0.39 is 0 Å². The molecule has 1 aromatic heterocycles. The molecule has 0 aromatic carbocycles. The van der Waals surface area contributed by atoms with Crippen molar-refractivity contribution >= 4 is 11.3 Å². The lowest BCUT2D eigenvalue weighted by Crippen LogP contribution is -2.55. The average molecular weight is 224 g/mol. The number of rotatable bonds is 4. The Morgan fingerprint density at radius 2 is 2.27 bits per heavy atom. The van der Waals surface area contributed by atoms with Crippen molar-refractivity contribution in [3.05, 3.63) is 16.1 Å². The predicted octanol–water partition coefficient (Wildman–Crippen LogP) is 2.63. The fraction of sp³-hybridized carbons (Fsp3) is 0.750. The highest BCUT2D eigenvalue weighted by Gasteiger charge is 2.37. The fourth-order valence-corrected chi connectivity index (χ4v) is 3.17. The third-order valence-electron chi connectivity index (χ3n) is 3.06. The summed E-state index contributed by atoms with van der Waals surface area (Å²) in [6.07, 6.45) is 2.47. The van der Waals surface area contributed by atoms with Gasteiger partial charge in [-0.05, 0) is 25.7 Å². The lowest BCUT2D eigenvalue weighted by molar-refractivity contribution is 0.130. The Bertz CT molecular complexity index is 326. The molecular weight excluding hydrogens is 204 g/mol. The van der Waals surface area contributed by atoms with Crippen molar-refractivity contribution in [1.29, 1.82) is 0 Å². The molecule has 2 nitrogen and oxygen atoms in total. The third kappa shape index (κ3) is 2.58. The second-order valence-electron chi connectivity index (χ2n) is 5.24. The summed E-state index contributed by atoms with van der Waals surface area (Å²) in [5.74, 6) is 0.784. The van der Waals surface area contributed by atoms with Crippen molar-refractivity contribution in [2.24, 2.45) is 11.3 Å². The average Bonchev–Trinajstić information content (AvgIpc) is 2.46. The molecular formula is C12H20N2S. The van der Waals surface area contributed by atoms with Crippen molar-refractivity contribution in [3.63, 3.8) is 0 Å². The first-order valence-corrected chi connectivity index (χ1v) is 6.59. The summed E-state index contributed by atoms with van der Waals surface area (Å²) in [7, 11) is 0. The number of hydrogen-bond donors (Lipinski definition) is 1. The van der Waals surface area contributed by atoms with Crippen molar-refractivity contribution in [2.75, 3.05) is 13.1 Å². The number of aromatic nitrogens is 1. The topological polar surface area (TPSA) is 24.9 Å². The Kier molecular flexibility index (Phi) is 3.12. The summed E-state index contributed by atoms with van der Waals surface area (Å²) < 4.78 is 0. The molecule has 0 saturated carbocycles. The molecule has 15 heavy (non-hydrogen) atoms. The monoisotopic (exact) mass is 224 g/mol. The summed E-state index contributed by atoms with van der Waals surface area (Å²) >= 11 is 1.77. The summed E-state index contributed by atoms with van der Waals surface area (Å²) in [6, 6.07) is 0. The van der Waals surface area contributed by atoms with Gasteiger partial charge in [0.1, 0.15) is 0 Å². The first-order chi connectivity index (χ1) is 7.10. The highest BCUT2D eigenvalue weighted by Crippen LogP contribution is 2.34. The first-order valence-electron chi connectivity index (χ1n) is 5.71. The normalized spacial score (nSPS) is 19.2. The fourth-order valence-electron chi connectivity index (χ4n) is 2.56. The maximum absolute atomic E-state index is 4.58. The van der Waals surface area contributed by atoms with Crippen LogP contribution in [0, 0.1) is 18.3 Å². The maximum Gasteiger partial charge on any atom is 0.0897 e. The van der Waals surface area contributed by atoms with E-state index in [1.54, 1.807) is 11.3 Å². The minimum atomic E-state index is 0.495. The van der Waals surface area contributed by atoms with Crippen LogP contribution in [0.1, 0.15) is 31.0 Å². The molecule has 1 fully saturated rings. The molecule has 1 N–H and O–H groups in total. The van der Waals surface area contributed by atoms with Gasteiger partial charge in [-0.1, -0.05) is 13.8 Å². The Balaban J connectivity index is 2.01. The standard InChI is InChI=1S/C12H20N2S/c1-9(2)4-12(7-13-8-12)5-11-6-15-10(3)14-11/h6,9,13H,4-5,7-8H2,1-3H3. The smallest absolute Gasteiger partial charge is 0.0897 e. The van der Waals surface area contributed by atoms with Gasteiger partial charge in [-0.3, -0.25) is 0 Å². The van der Waals surface area contributed by atoms with Crippen LogP contribution in [0.3, 0.4) is 0 Å². The van der Waals surface area contributed by atoms with Gasteiger partial charge in [0.2, 0.25) is 0 Å². The highest BCUT2D eigenvalue weighted by atomic mass is 32.1. The zero-order chi connectivity index (χ0) is 10.9. The summed E-state index contributed by atoms with van der Waals surface area (Å²) in [6.45, 7) is 9.05. The molecule has 2 heterocycles. The van der Waals surface area contributed by atoms with Gasteiger partial charge in [-0.15, -0.1) is 11.3 Å². The first kappa shape index (κ1) is 11.1. The van der Waals surface area contributed by atoms with Crippen LogP contribution in [0.25, 0.3) is 0 Å². The van der Waals surface area contributed by atoms with Gasteiger partial charge >= 0.3 is 0 Å². The van der Waals surface area contributed by atoms with Crippen LogP contribution in [0.2, 0.25) is 0 Å². The van der Waals surface area contributed by atoms with Crippen LogP contribution in [0.15, 0.2) is 5.38 Å². The summed E-state index contributed by atoms with van der Waals surface area (Å²) in [5.41, 5.74) is 1.79. The molecule has 0 radical (unpaired) electrons. The SMILES string of the molecule is Cc1nc(CC2(CC(C)C)CNC2)cs1. The lowest BCUT2D eigenvalue weighted by Gasteiger charge is -2.43. The van der Waals surface area contributed by atoms with Crippen LogP contribution < -0.4 is 5.32 Å². The Morgan fingerprint density at radius 1 is 1.53 bits per heavy atom. The Hall–Kier alpha value is -0.410. The van der Waals surface area contributed by atoms with Crippen LogP contribution >= 0.6 is 11.3 Å². The quantitative estimate of drug-likeness (QED) is 0.850. The molecule has 1 aliphatic heterocycles. The molecule has 0 spiro atoms. The minimum Gasteiger partial charge on any atom is -0.316 e. The van der Waals surface area contributed by atoms with E-state index in [0.717, 1.165) is 12.3 Å². The molecule has 1 aliphatic rings. The van der Waals surface area contributed by atoms with E-state index in [1.807, 2.05) is 0 Å². The molecule has 0 unspecified atom stereocenters. The van der Waals surface area contributed by atoms with Gasteiger partial charge in [0, 0.05) is 23.9 Å².